The third-order valence-electron chi connectivity index (χ3n) is 5.75. The fraction of sp³-hybridized carbons (Fsp3) is 0.200. The first-order valence-corrected chi connectivity index (χ1v) is 9.97. The largest absolute Gasteiger partial charge is 0.508 e. The lowest BCUT2D eigenvalue weighted by molar-refractivity contribution is 0.0287. The fourth-order valence-electron chi connectivity index (χ4n) is 3.95. The Hall–Kier alpha value is -3.48. The van der Waals surface area contributed by atoms with E-state index in [1.54, 1.807) is 42.5 Å². The molecule has 6 nitrogen and oxygen atoms in total. The second kappa shape index (κ2) is 7.98. The maximum atomic E-state index is 10.7. The van der Waals surface area contributed by atoms with E-state index in [2.05, 4.69) is 0 Å². The van der Waals surface area contributed by atoms with Gasteiger partial charge in [-0.1, -0.05) is 36.4 Å². The maximum absolute atomic E-state index is 10.7. The number of hydrogen-bond donors (Lipinski definition) is 6. The molecule has 0 heterocycles. The van der Waals surface area contributed by atoms with E-state index in [1.165, 1.54) is 12.1 Å². The molecule has 6 N–H and O–H groups in total. The molecule has 4 rings (SSSR count). The lowest BCUT2D eigenvalue weighted by atomic mass is 9.87. The molecule has 0 amide bonds. The van der Waals surface area contributed by atoms with Crippen molar-refractivity contribution in [2.24, 2.45) is 0 Å². The fourth-order valence-corrected chi connectivity index (χ4v) is 3.95. The van der Waals surface area contributed by atoms with E-state index < -0.39 is 5.60 Å². The molecule has 0 radical (unpaired) electrons. The Morgan fingerprint density at radius 3 is 2.00 bits per heavy atom. The third kappa shape index (κ3) is 4.08. The molecule has 0 saturated heterocycles. The van der Waals surface area contributed by atoms with E-state index in [4.69, 9.17) is 0 Å². The molecule has 160 valence electrons. The van der Waals surface area contributed by atoms with E-state index in [0.29, 0.717) is 28.5 Å². The molecule has 0 spiro atoms. The topological polar surface area (TPSA) is 121 Å². The molecule has 0 aliphatic heterocycles. The summed E-state index contributed by atoms with van der Waals surface area (Å²) < 4.78 is 0. The van der Waals surface area contributed by atoms with Gasteiger partial charge in [0.25, 0.3) is 0 Å². The Morgan fingerprint density at radius 2 is 1.42 bits per heavy atom. The van der Waals surface area contributed by atoms with E-state index in [-0.39, 0.29) is 42.4 Å². The van der Waals surface area contributed by atoms with Crippen LogP contribution in [-0.4, -0.2) is 42.8 Å². The lowest BCUT2D eigenvalue weighted by Gasteiger charge is -2.24. The third-order valence-corrected chi connectivity index (χ3v) is 5.75. The van der Waals surface area contributed by atoms with Gasteiger partial charge in [0.1, 0.15) is 17.1 Å². The predicted octanol–water partition coefficient (Wildman–Crippen LogP) is 3.41. The van der Waals surface area contributed by atoms with Crippen molar-refractivity contribution in [2.45, 2.75) is 24.9 Å². The number of rotatable bonds is 5. The summed E-state index contributed by atoms with van der Waals surface area (Å²) in [5, 5.41) is 61.7. The van der Waals surface area contributed by atoms with Gasteiger partial charge in [-0.25, -0.2) is 0 Å². The number of aliphatic hydroxyl groups excluding tert-OH is 1. The maximum Gasteiger partial charge on any atom is 0.157 e. The number of phenols is 4. The predicted molar refractivity (Wildman–Crippen MR) is 117 cm³/mol. The molecular weight excluding hydrogens is 396 g/mol. The van der Waals surface area contributed by atoms with Crippen molar-refractivity contribution in [3.63, 3.8) is 0 Å². The Labute approximate surface area is 179 Å². The molecular formula is C25H24O6. The average Bonchev–Trinajstić information content (AvgIpc) is 2.76. The van der Waals surface area contributed by atoms with E-state index >= 15 is 0 Å². The Kier molecular flexibility index (Phi) is 5.35. The van der Waals surface area contributed by atoms with Gasteiger partial charge in [-0.2, -0.15) is 0 Å². The van der Waals surface area contributed by atoms with E-state index in [0.717, 1.165) is 11.0 Å². The summed E-state index contributed by atoms with van der Waals surface area (Å²) in [6.07, 6.45) is 6.05. The van der Waals surface area contributed by atoms with Crippen LogP contribution < -0.4 is 0 Å². The average molecular weight is 420 g/mol. The number of phenolic OH excluding ortho intramolecular Hbond substituents is 4. The van der Waals surface area contributed by atoms with Crippen LogP contribution in [0.25, 0.3) is 10.8 Å². The van der Waals surface area contributed by atoms with Crippen LogP contribution in [0.4, 0.5) is 0 Å². The highest BCUT2D eigenvalue weighted by atomic mass is 16.3. The molecule has 1 unspecified atom stereocenters. The number of benzene rings is 3. The Bertz CT molecular complexity index is 1210. The highest BCUT2D eigenvalue weighted by Gasteiger charge is 2.24. The van der Waals surface area contributed by atoms with Gasteiger partial charge in [0, 0.05) is 30.4 Å². The normalized spacial score (nSPS) is 18.3. The summed E-state index contributed by atoms with van der Waals surface area (Å²) in [6.45, 7) is -0.371. The molecule has 0 fully saturated rings. The molecule has 1 aliphatic rings. The second-order valence-corrected chi connectivity index (χ2v) is 7.98. The van der Waals surface area contributed by atoms with Crippen LogP contribution in [0.1, 0.15) is 23.1 Å². The van der Waals surface area contributed by atoms with Gasteiger partial charge in [-0.3, -0.25) is 0 Å². The van der Waals surface area contributed by atoms with Crippen LogP contribution >= 0.6 is 0 Å². The zero-order valence-electron chi connectivity index (χ0n) is 16.8. The van der Waals surface area contributed by atoms with E-state index in [9.17, 15) is 30.6 Å². The van der Waals surface area contributed by atoms with Gasteiger partial charge in [-0.15, -0.1) is 0 Å². The number of allylic oxidation sites excluding steroid dienone is 2. The van der Waals surface area contributed by atoms with Gasteiger partial charge in [0.15, 0.2) is 11.5 Å². The minimum atomic E-state index is -1.27. The lowest BCUT2D eigenvalue weighted by Crippen LogP contribution is -2.31. The van der Waals surface area contributed by atoms with Gasteiger partial charge < -0.3 is 30.6 Å². The van der Waals surface area contributed by atoms with Crippen LogP contribution in [0, 0.1) is 0 Å². The summed E-state index contributed by atoms with van der Waals surface area (Å²) in [5.74, 6) is -0.308. The Morgan fingerprint density at radius 1 is 0.774 bits per heavy atom. The van der Waals surface area contributed by atoms with Gasteiger partial charge in [0.2, 0.25) is 0 Å². The summed E-state index contributed by atoms with van der Waals surface area (Å²) in [4.78, 5) is 0. The SMILES string of the molecule is OCC1(O)C=CC(Cc2c(O)ccc3ccc(O)c(Cc4ccc(O)c(O)c4)c23)=CC1. The monoisotopic (exact) mass is 420 g/mol. The van der Waals surface area contributed by atoms with Crippen molar-refractivity contribution in [3.05, 3.63) is 83.0 Å². The highest BCUT2D eigenvalue weighted by molar-refractivity contribution is 5.93. The van der Waals surface area contributed by atoms with Gasteiger partial charge in [0.05, 0.1) is 6.61 Å². The highest BCUT2D eigenvalue weighted by Crippen LogP contribution is 2.38. The first-order chi connectivity index (χ1) is 14.8. The molecule has 0 aromatic heterocycles. The number of aromatic hydroxyl groups is 4. The van der Waals surface area contributed by atoms with Crippen molar-refractivity contribution >= 4 is 10.8 Å². The van der Waals surface area contributed by atoms with Crippen molar-refractivity contribution in [1.82, 2.24) is 0 Å². The first-order valence-electron chi connectivity index (χ1n) is 9.97. The molecule has 31 heavy (non-hydrogen) atoms. The van der Waals surface area contributed by atoms with Crippen molar-refractivity contribution in [3.8, 4) is 23.0 Å². The molecule has 6 heteroatoms. The van der Waals surface area contributed by atoms with Crippen LogP contribution in [0.5, 0.6) is 23.0 Å². The van der Waals surface area contributed by atoms with Crippen molar-refractivity contribution in [2.75, 3.05) is 6.61 Å². The molecule has 0 saturated carbocycles. The van der Waals surface area contributed by atoms with Crippen molar-refractivity contribution < 1.29 is 30.6 Å². The van der Waals surface area contributed by atoms with E-state index in [1.807, 2.05) is 6.08 Å². The van der Waals surface area contributed by atoms with Gasteiger partial charge in [-0.05, 0) is 46.2 Å². The summed E-state index contributed by atoms with van der Waals surface area (Å²) in [6, 6.07) is 11.3. The van der Waals surface area contributed by atoms with Crippen LogP contribution in [0.15, 0.2) is 66.3 Å². The Balaban J connectivity index is 1.79. The van der Waals surface area contributed by atoms with Gasteiger partial charge >= 0.3 is 0 Å². The second-order valence-electron chi connectivity index (χ2n) is 7.98. The van der Waals surface area contributed by atoms with Crippen LogP contribution in [-0.2, 0) is 12.8 Å². The number of aliphatic hydroxyl groups is 2. The molecule has 1 atom stereocenters. The molecule has 1 aliphatic carbocycles. The standard InChI is InChI=1S/C25H24O6/c26-14-25(31)9-7-15(8-10-25)11-18-20(27)5-2-17-3-6-21(28)19(24(17)18)12-16-1-4-22(29)23(30)13-16/h1-9,13,26-31H,10-12,14H2. The molecule has 3 aromatic rings. The summed E-state index contributed by atoms with van der Waals surface area (Å²) in [5.41, 5.74) is 1.53. The van der Waals surface area contributed by atoms with Crippen LogP contribution in [0.3, 0.4) is 0 Å². The van der Waals surface area contributed by atoms with Crippen molar-refractivity contribution in [1.29, 1.82) is 0 Å². The first kappa shape index (κ1) is 20.8. The summed E-state index contributed by atoms with van der Waals surface area (Å²) >= 11 is 0. The zero-order chi connectivity index (χ0) is 22.2. The minimum absolute atomic E-state index is 0.0646. The zero-order valence-corrected chi connectivity index (χ0v) is 16.8. The molecule has 0 bridgehead atoms. The van der Waals surface area contributed by atoms with Crippen LogP contribution in [0.2, 0.25) is 0 Å². The number of hydrogen-bond acceptors (Lipinski definition) is 6. The smallest absolute Gasteiger partial charge is 0.157 e. The quantitative estimate of drug-likeness (QED) is 0.352. The summed E-state index contributed by atoms with van der Waals surface area (Å²) in [7, 11) is 0. The minimum Gasteiger partial charge on any atom is -0.508 e. The molecule has 3 aromatic carbocycles. The number of fused-ring (bicyclic) bond motifs is 1.